The van der Waals surface area contributed by atoms with Crippen LogP contribution in [0.25, 0.3) is 0 Å². The lowest BCUT2D eigenvalue weighted by atomic mass is 10.2. The van der Waals surface area contributed by atoms with Gasteiger partial charge in [0.05, 0.1) is 0 Å². The monoisotopic (exact) mass is 261 g/mol. The Morgan fingerprint density at radius 2 is 1.94 bits per heavy atom. The highest BCUT2D eigenvalue weighted by Gasteiger charge is 2.36. The molecule has 2 rings (SSSR count). The molecule has 0 spiro atoms. The molecular formula is C10H14F3N5. The van der Waals surface area contributed by atoms with Crippen molar-refractivity contribution in [1.82, 2.24) is 9.97 Å². The second kappa shape index (κ2) is 4.60. The highest BCUT2D eigenvalue weighted by Crippen LogP contribution is 2.34. The van der Waals surface area contributed by atoms with Gasteiger partial charge in [0.25, 0.3) is 0 Å². The minimum Gasteiger partial charge on any atom is -0.367 e. The van der Waals surface area contributed by atoms with Gasteiger partial charge in [-0.05, 0) is 25.7 Å². The minimum atomic E-state index is -4.59. The zero-order valence-corrected chi connectivity index (χ0v) is 9.75. The third-order valence-corrected chi connectivity index (χ3v) is 2.83. The summed E-state index contributed by atoms with van der Waals surface area (Å²) in [5.41, 5.74) is 2.11. The zero-order valence-electron chi connectivity index (χ0n) is 9.75. The highest BCUT2D eigenvalue weighted by molar-refractivity contribution is 5.47. The van der Waals surface area contributed by atoms with Gasteiger partial charge >= 0.3 is 6.18 Å². The molecule has 1 aliphatic carbocycles. The van der Waals surface area contributed by atoms with E-state index >= 15 is 0 Å². The van der Waals surface area contributed by atoms with E-state index in [1.165, 1.54) is 6.07 Å². The first-order valence-corrected chi connectivity index (χ1v) is 5.59. The molecule has 8 heteroatoms. The van der Waals surface area contributed by atoms with Crippen LogP contribution in [0.4, 0.5) is 24.8 Å². The maximum Gasteiger partial charge on any atom is 0.451 e. The fraction of sp³-hybridized carbons (Fsp3) is 0.600. The molecular weight excluding hydrogens is 247 g/mol. The van der Waals surface area contributed by atoms with Crippen LogP contribution < -0.4 is 16.6 Å². The van der Waals surface area contributed by atoms with Crippen LogP contribution in [0.3, 0.4) is 0 Å². The molecule has 0 amide bonds. The Morgan fingerprint density at radius 1 is 1.33 bits per heavy atom. The molecule has 1 unspecified atom stereocenters. The van der Waals surface area contributed by atoms with E-state index in [0.29, 0.717) is 5.92 Å². The molecule has 1 heterocycles. The number of hydrogen-bond donors (Lipinski definition) is 3. The van der Waals surface area contributed by atoms with E-state index < -0.39 is 12.0 Å². The van der Waals surface area contributed by atoms with E-state index in [2.05, 4.69) is 20.7 Å². The number of hydrogen-bond acceptors (Lipinski definition) is 5. The molecule has 1 atom stereocenters. The number of nitrogens with zero attached hydrogens (tertiary/aromatic N) is 2. The van der Waals surface area contributed by atoms with Crippen LogP contribution in [0.5, 0.6) is 0 Å². The third-order valence-electron chi connectivity index (χ3n) is 2.83. The van der Waals surface area contributed by atoms with Gasteiger partial charge in [-0.15, -0.1) is 0 Å². The number of nitrogens with two attached hydrogens (primary N) is 1. The average molecular weight is 261 g/mol. The Bertz CT molecular complexity index is 430. The summed E-state index contributed by atoms with van der Waals surface area (Å²) in [5, 5.41) is 2.94. The van der Waals surface area contributed by atoms with Gasteiger partial charge in [0.2, 0.25) is 5.82 Å². The van der Waals surface area contributed by atoms with Crippen molar-refractivity contribution < 1.29 is 13.2 Å². The smallest absolute Gasteiger partial charge is 0.367 e. The zero-order chi connectivity index (χ0) is 13.3. The van der Waals surface area contributed by atoms with Gasteiger partial charge in [-0.1, -0.05) is 0 Å². The van der Waals surface area contributed by atoms with Gasteiger partial charge in [-0.3, -0.25) is 0 Å². The summed E-state index contributed by atoms with van der Waals surface area (Å²) < 4.78 is 37.7. The molecule has 1 fully saturated rings. The molecule has 0 saturated heterocycles. The number of anilines is 2. The first kappa shape index (κ1) is 12.9. The first-order valence-electron chi connectivity index (χ1n) is 5.59. The van der Waals surface area contributed by atoms with Gasteiger partial charge < -0.3 is 10.7 Å². The summed E-state index contributed by atoms with van der Waals surface area (Å²) in [4.78, 5) is 6.74. The van der Waals surface area contributed by atoms with Crippen molar-refractivity contribution in [2.24, 2.45) is 11.8 Å². The van der Waals surface area contributed by atoms with Crippen molar-refractivity contribution in [3.05, 3.63) is 11.9 Å². The van der Waals surface area contributed by atoms with Gasteiger partial charge in [0, 0.05) is 12.1 Å². The van der Waals surface area contributed by atoms with E-state index in [4.69, 9.17) is 5.84 Å². The molecule has 100 valence electrons. The Kier molecular flexibility index (Phi) is 3.29. The average Bonchev–Trinajstić information content (AvgIpc) is 3.11. The van der Waals surface area contributed by atoms with E-state index in [-0.39, 0.29) is 17.7 Å². The van der Waals surface area contributed by atoms with Crippen LogP contribution in [0.1, 0.15) is 25.6 Å². The molecule has 1 saturated carbocycles. The Balaban J connectivity index is 2.22. The molecule has 18 heavy (non-hydrogen) atoms. The summed E-state index contributed by atoms with van der Waals surface area (Å²) in [7, 11) is 0. The van der Waals surface area contributed by atoms with Crippen molar-refractivity contribution in [3.63, 3.8) is 0 Å². The topological polar surface area (TPSA) is 75.9 Å². The van der Waals surface area contributed by atoms with Crippen LogP contribution in [-0.2, 0) is 6.18 Å². The van der Waals surface area contributed by atoms with Gasteiger partial charge in [-0.25, -0.2) is 15.8 Å². The van der Waals surface area contributed by atoms with Crippen LogP contribution in [-0.4, -0.2) is 16.0 Å². The number of nitrogens with one attached hydrogen (secondary N) is 2. The number of halogens is 3. The standard InChI is InChI=1S/C10H14F3N5/c1-5(6-2-3-6)15-7-4-8(18-14)17-9(16-7)10(11,12)13/h4-6H,2-3,14H2,1H3,(H2,15,16,17,18). The fourth-order valence-corrected chi connectivity index (χ4v) is 1.67. The summed E-state index contributed by atoms with van der Waals surface area (Å²) in [6.45, 7) is 1.92. The second-order valence-electron chi connectivity index (χ2n) is 4.37. The Hall–Kier alpha value is -1.57. The fourth-order valence-electron chi connectivity index (χ4n) is 1.67. The van der Waals surface area contributed by atoms with Crippen molar-refractivity contribution in [3.8, 4) is 0 Å². The molecule has 0 bridgehead atoms. The summed E-state index contributed by atoms with van der Waals surface area (Å²) in [5.74, 6) is 4.46. The summed E-state index contributed by atoms with van der Waals surface area (Å²) in [6.07, 6.45) is -2.41. The molecule has 1 aromatic rings. The van der Waals surface area contributed by atoms with Crippen molar-refractivity contribution >= 4 is 11.6 Å². The number of rotatable bonds is 4. The molecule has 1 aliphatic rings. The predicted octanol–water partition coefficient (Wildman–Crippen LogP) is 1.99. The predicted molar refractivity (Wildman–Crippen MR) is 60.7 cm³/mol. The lowest BCUT2D eigenvalue weighted by Crippen LogP contribution is -2.21. The lowest BCUT2D eigenvalue weighted by molar-refractivity contribution is -0.144. The lowest BCUT2D eigenvalue weighted by Gasteiger charge is -2.15. The van der Waals surface area contributed by atoms with E-state index in [1.54, 1.807) is 0 Å². The Labute approximate surface area is 102 Å². The first-order chi connectivity index (χ1) is 8.40. The maximum atomic E-state index is 12.6. The van der Waals surface area contributed by atoms with Crippen molar-refractivity contribution in [1.29, 1.82) is 0 Å². The van der Waals surface area contributed by atoms with Crippen molar-refractivity contribution in [2.45, 2.75) is 32.0 Å². The van der Waals surface area contributed by atoms with Gasteiger partial charge in [0.15, 0.2) is 0 Å². The Morgan fingerprint density at radius 3 is 2.44 bits per heavy atom. The van der Waals surface area contributed by atoms with Crippen molar-refractivity contribution in [2.75, 3.05) is 10.7 Å². The summed E-state index contributed by atoms with van der Waals surface area (Å²) in [6, 6.07) is 1.44. The molecule has 0 radical (unpaired) electrons. The van der Waals surface area contributed by atoms with Crippen LogP contribution >= 0.6 is 0 Å². The maximum absolute atomic E-state index is 12.6. The second-order valence-corrected chi connectivity index (χ2v) is 4.37. The minimum absolute atomic E-state index is 0.0668. The van der Waals surface area contributed by atoms with Crippen LogP contribution in [0.2, 0.25) is 0 Å². The van der Waals surface area contributed by atoms with Crippen LogP contribution in [0.15, 0.2) is 6.07 Å². The number of aromatic nitrogens is 2. The normalized spacial score (nSPS) is 17.4. The molecule has 5 nitrogen and oxygen atoms in total. The highest BCUT2D eigenvalue weighted by atomic mass is 19.4. The molecule has 4 N–H and O–H groups in total. The number of nitrogen functional groups attached to an aromatic ring is 1. The quantitative estimate of drug-likeness (QED) is 0.571. The number of hydrazine groups is 1. The number of alkyl halides is 3. The molecule has 0 aliphatic heterocycles. The van der Waals surface area contributed by atoms with E-state index in [9.17, 15) is 13.2 Å². The van der Waals surface area contributed by atoms with Crippen LogP contribution in [0, 0.1) is 5.92 Å². The largest absolute Gasteiger partial charge is 0.451 e. The van der Waals surface area contributed by atoms with E-state index in [0.717, 1.165) is 12.8 Å². The van der Waals surface area contributed by atoms with Gasteiger partial charge in [0.1, 0.15) is 11.6 Å². The van der Waals surface area contributed by atoms with Gasteiger partial charge in [-0.2, -0.15) is 13.2 Å². The SMILES string of the molecule is CC(Nc1cc(NN)nc(C(F)(F)F)n1)C1CC1. The third kappa shape index (κ3) is 3.00. The molecule has 1 aromatic heterocycles. The van der Waals surface area contributed by atoms with E-state index in [1.807, 2.05) is 6.92 Å². The summed E-state index contributed by atoms with van der Waals surface area (Å²) >= 11 is 0. The molecule has 0 aromatic carbocycles.